The minimum Gasteiger partial charge on any atom is -0.870 e. The second-order valence-electron chi connectivity index (χ2n) is 1.93. The van der Waals surface area contributed by atoms with Crippen molar-refractivity contribution in [3.8, 4) is 0 Å². The van der Waals surface area contributed by atoms with Crippen LogP contribution in [0.2, 0.25) is 0 Å². The van der Waals surface area contributed by atoms with Crippen molar-refractivity contribution in [1.29, 1.82) is 0 Å². The van der Waals surface area contributed by atoms with E-state index >= 15 is 0 Å². The molecular weight excluding hydrogens is 128 g/mol. The number of allylic oxidation sites excluding steroid dienone is 1. The van der Waals surface area contributed by atoms with Gasteiger partial charge in [-0.25, -0.2) is 4.57 Å². The van der Waals surface area contributed by atoms with E-state index < -0.39 is 0 Å². The van der Waals surface area contributed by atoms with Crippen molar-refractivity contribution in [3.63, 3.8) is 0 Å². The van der Waals surface area contributed by atoms with Crippen LogP contribution in [-0.2, 0) is 6.54 Å². The summed E-state index contributed by atoms with van der Waals surface area (Å²) in [4.78, 5) is 2.97. The van der Waals surface area contributed by atoms with Crippen molar-refractivity contribution in [1.82, 2.24) is 4.98 Å². The predicted octanol–water partition coefficient (Wildman–Crippen LogP) is 0.702. The lowest BCUT2D eigenvalue weighted by molar-refractivity contribution is -0.694. The van der Waals surface area contributed by atoms with Crippen molar-refractivity contribution >= 4 is 0 Å². The Labute approximate surface area is 60.3 Å². The summed E-state index contributed by atoms with van der Waals surface area (Å²) in [6.07, 6.45) is 8.79. The summed E-state index contributed by atoms with van der Waals surface area (Å²) in [5, 5.41) is 0. The largest absolute Gasteiger partial charge is 0.870 e. The molecule has 10 heavy (non-hydrogen) atoms. The minimum absolute atomic E-state index is 0. The summed E-state index contributed by atoms with van der Waals surface area (Å²) in [5.74, 6) is 0. The first-order valence-corrected chi connectivity index (χ1v) is 3.06. The van der Waals surface area contributed by atoms with Gasteiger partial charge in [0.1, 0.15) is 12.4 Å². The molecular formula is C7H12N2O. The molecule has 0 aliphatic heterocycles. The van der Waals surface area contributed by atoms with Gasteiger partial charge in [0.25, 0.3) is 0 Å². The van der Waals surface area contributed by atoms with E-state index in [-0.39, 0.29) is 5.48 Å². The number of aromatic amines is 1. The molecule has 0 saturated heterocycles. The van der Waals surface area contributed by atoms with Gasteiger partial charge in [-0.2, -0.15) is 0 Å². The van der Waals surface area contributed by atoms with E-state index in [0.29, 0.717) is 0 Å². The molecule has 0 aliphatic carbocycles. The molecule has 3 heteroatoms. The highest BCUT2D eigenvalue weighted by Gasteiger charge is 1.90. The molecule has 1 aromatic rings. The second kappa shape index (κ2) is 4.76. The van der Waals surface area contributed by atoms with Gasteiger partial charge in [0.05, 0.1) is 6.54 Å². The normalized spacial score (nSPS) is 8.40. The van der Waals surface area contributed by atoms with E-state index in [1.54, 1.807) is 0 Å². The Hall–Kier alpha value is -1.09. The van der Waals surface area contributed by atoms with Gasteiger partial charge in [0.15, 0.2) is 0 Å². The molecule has 56 valence electrons. The van der Waals surface area contributed by atoms with E-state index in [9.17, 15) is 0 Å². The zero-order chi connectivity index (χ0) is 6.53. The fourth-order valence-electron chi connectivity index (χ4n) is 0.700. The third kappa shape index (κ3) is 2.46. The van der Waals surface area contributed by atoms with Crippen LogP contribution in [0, 0.1) is 0 Å². The fourth-order valence-corrected chi connectivity index (χ4v) is 0.700. The van der Waals surface area contributed by atoms with E-state index in [0.717, 1.165) is 13.0 Å². The monoisotopic (exact) mass is 140 g/mol. The van der Waals surface area contributed by atoms with Crippen molar-refractivity contribution in [2.45, 2.75) is 13.0 Å². The number of aryl methyl sites for hydroxylation is 1. The first-order chi connectivity index (χ1) is 4.43. The Morgan fingerprint density at radius 2 is 2.40 bits per heavy atom. The number of hydrogen-bond acceptors (Lipinski definition) is 1. The van der Waals surface area contributed by atoms with Crippen LogP contribution in [0.15, 0.2) is 31.4 Å². The molecule has 0 spiro atoms. The van der Waals surface area contributed by atoms with Crippen molar-refractivity contribution < 1.29 is 10.0 Å². The quantitative estimate of drug-likeness (QED) is 0.487. The lowest BCUT2D eigenvalue weighted by Gasteiger charge is -1.87. The molecule has 0 radical (unpaired) electrons. The van der Waals surface area contributed by atoms with Crippen LogP contribution in [0.4, 0.5) is 0 Å². The highest BCUT2D eigenvalue weighted by atomic mass is 16.0. The van der Waals surface area contributed by atoms with E-state index in [1.165, 1.54) is 0 Å². The Balaban J connectivity index is 0.000000810. The van der Waals surface area contributed by atoms with Crippen molar-refractivity contribution in [3.05, 3.63) is 31.4 Å². The smallest absolute Gasteiger partial charge is 0.241 e. The zero-order valence-corrected chi connectivity index (χ0v) is 5.83. The van der Waals surface area contributed by atoms with Crippen LogP contribution in [0.3, 0.4) is 0 Å². The predicted molar refractivity (Wildman–Crippen MR) is 37.7 cm³/mol. The molecule has 2 N–H and O–H groups in total. The molecule has 0 unspecified atom stereocenters. The number of aromatic nitrogens is 2. The van der Waals surface area contributed by atoms with Gasteiger partial charge in [0, 0.05) is 6.42 Å². The van der Waals surface area contributed by atoms with E-state index in [1.807, 2.05) is 24.8 Å². The molecule has 0 bridgehead atoms. The SMILES string of the molecule is C=CCC[n+]1cc[nH]c1.[OH-]. The number of nitrogens with zero attached hydrogens (tertiary/aromatic N) is 1. The van der Waals surface area contributed by atoms with Crippen LogP contribution in [0.25, 0.3) is 0 Å². The zero-order valence-electron chi connectivity index (χ0n) is 5.83. The molecule has 0 atom stereocenters. The maximum atomic E-state index is 3.64. The van der Waals surface area contributed by atoms with E-state index in [2.05, 4.69) is 16.1 Å². The highest BCUT2D eigenvalue weighted by Crippen LogP contribution is 1.78. The molecule has 0 amide bonds. The summed E-state index contributed by atoms with van der Waals surface area (Å²) in [6.45, 7) is 4.66. The van der Waals surface area contributed by atoms with Crippen LogP contribution >= 0.6 is 0 Å². The van der Waals surface area contributed by atoms with Crippen LogP contribution in [-0.4, -0.2) is 10.5 Å². The Morgan fingerprint density at radius 3 is 2.90 bits per heavy atom. The maximum Gasteiger partial charge on any atom is 0.241 e. The molecule has 0 aliphatic rings. The first kappa shape index (κ1) is 8.91. The molecule has 0 aromatic carbocycles. The van der Waals surface area contributed by atoms with Crippen molar-refractivity contribution in [2.24, 2.45) is 0 Å². The van der Waals surface area contributed by atoms with Crippen LogP contribution in [0.5, 0.6) is 0 Å². The van der Waals surface area contributed by atoms with Gasteiger partial charge < -0.3 is 5.48 Å². The molecule has 3 nitrogen and oxygen atoms in total. The lowest BCUT2D eigenvalue weighted by atomic mass is 10.4. The van der Waals surface area contributed by atoms with Gasteiger partial charge in [-0.15, -0.1) is 6.58 Å². The Bertz CT molecular complexity index is 170. The Morgan fingerprint density at radius 1 is 1.60 bits per heavy atom. The van der Waals surface area contributed by atoms with Crippen molar-refractivity contribution in [2.75, 3.05) is 0 Å². The average Bonchev–Trinajstić information content (AvgIpc) is 2.34. The molecule has 0 fully saturated rings. The number of hydrogen-bond donors (Lipinski definition) is 1. The first-order valence-electron chi connectivity index (χ1n) is 3.06. The van der Waals surface area contributed by atoms with Gasteiger partial charge in [-0.3, -0.25) is 4.98 Å². The Kier molecular flexibility index (Phi) is 4.24. The van der Waals surface area contributed by atoms with Gasteiger partial charge >= 0.3 is 0 Å². The number of H-pyrrole nitrogens is 1. The lowest BCUT2D eigenvalue weighted by Crippen LogP contribution is -2.29. The number of imidazole rings is 1. The fraction of sp³-hybridized carbons (Fsp3) is 0.286. The maximum absolute atomic E-state index is 3.64. The third-order valence-electron chi connectivity index (χ3n) is 1.19. The van der Waals surface area contributed by atoms with Gasteiger partial charge in [-0.1, -0.05) is 6.08 Å². The van der Waals surface area contributed by atoms with Crippen LogP contribution in [0.1, 0.15) is 6.42 Å². The summed E-state index contributed by atoms with van der Waals surface area (Å²) in [7, 11) is 0. The molecule has 1 rings (SSSR count). The molecule has 1 heterocycles. The van der Waals surface area contributed by atoms with Gasteiger partial charge in [0.2, 0.25) is 6.33 Å². The summed E-state index contributed by atoms with van der Waals surface area (Å²) in [6, 6.07) is 0. The summed E-state index contributed by atoms with van der Waals surface area (Å²) < 4.78 is 2.08. The third-order valence-corrected chi connectivity index (χ3v) is 1.19. The van der Waals surface area contributed by atoms with Crippen LogP contribution < -0.4 is 4.57 Å². The highest BCUT2D eigenvalue weighted by molar-refractivity contribution is 4.63. The van der Waals surface area contributed by atoms with Gasteiger partial charge in [-0.05, 0) is 0 Å². The number of nitrogens with one attached hydrogen (secondary N) is 1. The molecule has 1 aromatic heterocycles. The second-order valence-corrected chi connectivity index (χ2v) is 1.93. The standard InChI is InChI=1S/C7H10N2.H2O/c1-2-3-5-9-6-4-8-7-9;/h2,4,6-7H,1,3,5H2;1H2. The molecule has 0 saturated carbocycles. The average molecular weight is 140 g/mol. The minimum atomic E-state index is 0. The number of rotatable bonds is 3. The summed E-state index contributed by atoms with van der Waals surface area (Å²) in [5.41, 5.74) is 0. The van der Waals surface area contributed by atoms with E-state index in [4.69, 9.17) is 0 Å². The summed E-state index contributed by atoms with van der Waals surface area (Å²) >= 11 is 0. The topological polar surface area (TPSA) is 49.7 Å².